The van der Waals surface area contributed by atoms with E-state index in [1.165, 1.54) is 58.4 Å². The smallest absolute Gasteiger partial charge is 0.332 e. The molecular formula is C27H31FN6O6S. The first kappa shape index (κ1) is 28.6. The van der Waals surface area contributed by atoms with E-state index in [-0.39, 0.29) is 25.0 Å². The number of methoxy groups -OCH3 is 1. The lowest BCUT2D eigenvalue weighted by molar-refractivity contribution is -0.122. The van der Waals surface area contributed by atoms with Gasteiger partial charge in [-0.15, -0.1) is 4.80 Å². The highest BCUT2D eigenvalue weighted by Gasteiger charge is 2.31. The first-order valence-corrected chi connectivity index (χ1v) is 14.1. The largest absolute Gasteiger partial charge is 0.496 e. The number of rotatable bonds is 6. The highest BCUT2D eigenvalue weighted by atomic mass is 32.1. The summed E-state index contributed by atoms with van der Waals surface area (Å²) in [6, 6.07) is 3.31. The summed E-state index contributed by atoms with van der Waals surface area (Å²) in [6.45, 7) is 3.78. The highest BCUT2D eigenvalue weighted by molar-refractivity contribution is 7.21. The molecule has 41 heavy (non-hydrogen) atoms. The number of carbonyl (C=O) groups is 1. The van der Waals surface area contributed by atoms with Crippen LogP contribution in [0.1, 0.15) is 36.4 Å². The Morgan fingerprint density at radius 1 is 1.17 bits per heavy atom. The number of ether oxygens (including phenoxy) is 2. The molecule has 6 rings (SSSR count). The number of aryl methyl sites for hydroxylation is 3. The number of aromatic nitrogens is 5. The molecule has 1 aromatic carbocycles. The summed E-state index contributed by atoms with van der Waals surface area (Å²) in [5, 5.41) is 20.8. The molecule has 3 aromatic heterocycles. The van der Waals surface area contributed by atoms with Crippen LogP contribution in [0.2, 0.25) is 0 Å². The molecule has 2 fully saturated rings. The maximum absolute atomic E-state index is 13.9. The lowest BCUT2D eigenvalue weighted by Gasteiger charge is -2.16. The Kier molecular flexibility index (Phi) is 8.61. The van der Waals surface area contributed by atoms with Crippen LogP contribution in [-0.2, 0) is 22.5 Å². The zero-order valence-electron chi connectivity index (χ0n) is 22.7. The van der Waals surface area contributed by atoms with Crippen LogP contribution in [0, 0.1) is 12.7 Å². The molecule has 5 heterocycles. The first-order chi connectivity index (χ1) is 19.8. The maximum Gasteiger partial charge on any atom is 0.332 e. The van der Waals surface area contributed by atoms with Crippen LogP contribution in [0.5, 0.6) is 5.75 Å². The second-order valence-electron chi connectivity index (χ2n) is 9.79. The molecule has 1 amide bonds. The average Bonchev–Trinajstić information content (AvgIpc) is 3.71. The van der Waals surface area contributed by atoms with Gasteiger partial charge in [0.05, 0.1) is 31.0 Å². The van der Waals surface area contributed by atoms with Gasteiger partial charge >= 0.3 is 5.69 Å². The van der Waals surface area contributed by atoms with Gasteiger partial charge in [0.25, 0.3) is 5.56 Å². The molecule has 2 N–H and O–H groups in total. The van der Waals surface area contributed by atoms with Crippen molar-refractivity contribution in [2.45, 2.75) is 51.3 Å². The van der Waals surface area contributed by atoms with Gasteiger partial charge in [-0.3, -0.25) is 14.2 Å². The number of nitrogens with one attached hydrogen (secondary N) is 1. The Morgan fingerprint density at radius 2 is 1.90 bits per heavy atom. The third-order valence-corrected chi connectivity index (χ3v) is 8.47. The minimum absolute atomic E-state index is 0.0891. The van der Waals surface area contributed by atoms with Gasteiger partial charge in [0.1, 0.15) is 27.4 Å². The third-order valence-electron chi connectivity index (χ3n) is 7.19. The SMILES string of the molecule is COc1ccc(F)cc1CCn1c(=O)n(C2CCNC2=O)c(=O)c2c(C)c(-n3nccn3)sc21.OC1CCOCC1. The van der Waals surface area contributed by atoms with Crippen molar-refractivity contribution in [3.8, 4) is 10.8 Å². The first-order valence-electron chi connectivity index (χ1n) is 13.3. The van der Waals surface area contributed by atoms with Crippen molar-refractivity contribution >= 4 is 27.5 Å². The number of halogens is 1. The van der Waals surface area contributed by atoms with E-state index in [2.05, 4.69) is 15.5 Å². The fraction of sp³-hybridized carbons (Fsp3) is 0.444. The maximum atomic E-state index is 13.9. The lowest BCUT2D eigenvalue weighted by atomic mass is 10.1. The van der Waals surface area contributed by atoms with E-state index in [1.54, 1.807) is 6.92 Å². The van der Waals surface area contributed by atoms with Gasteiger partial charge in [-0.2, -0.15) is 10.2 Å². The lowest BCUT2D eigenvalue weighted by Crippen LogP contribution is -2.44. The van der Waals surface area contributed by atoms with E-state index in [4.69, 9.17) is 14.6 Å². The minimum Gasteiger partial charge on any atom is -0.496 e. The van der Waals surface area contributed by atoms with E-state index in [0.29, 0.717) is 45.1 Å². The Bertz CT molecular complexity index is 1660. The zero-order valence-corrected chi connectivity index (χ0v) is 23.5. The second kappa shape index (κ2) is 12.3. The van der Waals surface area contributed by atoms with Crippen molar-refractivity contribution in [3.63, 3.8) is 0 Å². The number of aliphatic hydroxyl groups is 1. The van der Waals surface area contributed by atoms with Crippen LogP contribution in [0.15, 0.2) is 40.2 Å². The van der Waals surface area contributed by atoms with Crippen LogP contribution in [-0.4, -0.2) is 68.1 Å². The number of hydrogen-bond donors (Lipinski definition) is 2. The molecule has 0 bridgehead atoms. The molecule has 2 saturated heterocycles. The molecule has 0 saturated carbocycles. The molecule has 4 aromatic rings. The number of aliphatic hydroxyl groups excluding tert-OH is 1. The molecule has 218 valence electrons. The van der Waals surface area contributed by atoms with E-state index in [1.807, 2.05) is 0 Å². The van der Waals surface area contributed by atoms with E-state index < -0.39 is 23.1 Å². The summed E-state index contributed by atoms with van der Waals surface area (Å²) >= 11 is 1.22. The Balaban J connectivity index is 0.000000423. The molecule has 0 aliphatic carbocycles. The predicted molar refractivity (Wildman–Crippen MR) is 149 cm³/mol. The predicted octanol–water partition coefficient (Wildman–Crippen LogP) is 1.72. The van der Waals surface area contributed by atoms with Crippen molar-refractivity contribution < 1.29 is 23.8 Å². The standard InChI is InChI=1S/C22H21FN6O4S.C5H10O2/c1-12-17-19(31)28(15-5-7-24-18(15)30)22(32)27(21(17)34-20(12)29-25-8-9-26-29)10-6-13-11-14(23)3-4-16(13)33-2;6-5-1-3-7-4-2-5/h3-4,8-9,11,15H,5-7,10H2,1-2H3,(H,24,30);5-6H,1-4H2. The van der Waals surface area contributed by atoms with Crippen LogP contribution < -0.4 is 21.3 Å². The number of benzene rings is 1. The van der Waals surface area contributed by atoms with Crippen molar-refractivity contribution in [3.05, 3.63) is 68.4 Å². The Morgan fingerprint density at radius 3 is 2.51 bits per heavy atom. The van der Waals surface area contributed by atoms with Crippen molar-refractivity contribution in [2.24, 2.45) is 0 Å². The van der Waals surface area contributed by atoms with Gasteiger partial charge in [0, 0.05) is 31.9 Å². The number of carbonyl (C=O) groups excluding carboxylic acids is 1. The highest BCUT2D eigenvalue weighted by Crippen LogP contribution is 2.31. The van der Waals surface area contributed by atoms with Crippen molar-refractivity contribution in [2.75, 3.05) is 26.9 Å². The molecule has 0 spiro atoms. The van der Waals surface area contributed by atoms with Crippen LogP contribution in [0.4, 0.5) is 4.39 Å². The number of amides is 1. The van der Waals surface area contributed by atoms with Gasteiger partial charge in [0.15, 0.2) is 0 Å². The van der Waals surface area contributed by atoms with Gasteiger partial charge in [-0.1, -0.05) is 11.3 Å². The number of fused-ring (bicyclic) bond motifs is 1. The monoisotopic (exact) mass is 586 g/mol. The minimum atomic E-state index is -0.884. The van der Waals surface area contributed by atoms with Gasteiger partial charge in [-0.25, -0.2) is 13.8 Å². The second-order valence-corrected chi connectivity index (χ2v) is 10.8. The number of hydrogen-bond acceptors (Lipinski definition) is 9. The quantitative estimate of drug-likeness (QED) is 0.348. The molecule has 0 radical (unpaired) electrons. The van der Waals surface area contributed by atoms with Crippen molar-refractivity contribution in [1.82, 2.24) is 29.4 Å². The molecule has 14 heteroatoms. The van der Waals surface area contributed by atoms with Crippen LogP contribution >= 0.6 is 11.3 Å². The number of thiophene rings is 1. The van der Waals surface area contributed by atoms with Gasteiger partial charge in [-0.05, 0) is 56.4 Å². The number of nitrogens with zero attached hydrogens (tertiary/aromatic N) is 5. The van der Waals surface area contributed by atoms with E-state index >= 15 is 0 Å². The van der Waals surface area contributed by atoms with E-state index in [9.17, 15) is 18.8 Å². The summed E-state index contributed by atoms with van der Waals surface area (Å²) < 4.78 is 26.7. The normalized spacial score (nSPS) is 17.4. The molecular weight excluding hydrogens is 555 g/mol. The topological polar surface area (TPSA) is 142 Å². The molecule has 2 aliphatic rings. The Hall–Kier alpha value is -3.88. The summed E-state index contributed by atoms with van der Waals surface area (Å²) in [6.07, 6.45) is 5.21. The summed E-state index contributed by atoms with van der Waals surface area (Å²) in [5.74, 6) is -0.281. The summed E-state index contributed by atoms with van der Waals surface area (Å²) in [4.78, 5) is 41.4. The summed E-state index contributed by atoms with van der Waals surface area (Å²) in [5.41, 5.74) is 0.0940. The molecule has 12 nitrogen and oxygen atoms in total. The Labute approximate surface area is 237 Å². The molecule has 1 unspecified atom stereocenters. The third kappa shape index (κ3) is 5.80. The molecule has 1 atom stereocenters. The van der Waals surface area contributed by atoms with Crippen LogP contribution in [0.3, 0.4) is 0 Å². The summed E-state index contributed by atoms with van der Waals surface area (Å²) in [7, 11) is 1.49. The van der Waals surface area contributed by atoms with E-state index in [0.717, 1.165) is 30.6 Å². The zero-order chi connectivity index (χ0) is 29.1. The van der Waals surface area contributed by atoms with Crippen LogP contribution in [0.25, 0.3) is 15.2 Å². The van der Waals surface area contributed by atoms with Crippen molar-refractivity contribution in [1.29, 1.82) is 0 Å². The fourth-order valence-corrected chi connectivity index (χ4v) is 6.26. The van der Waals surface area contributed by atoms with Gasteiger partial charge < -0.3 is 19.9 Å². The average molecular weight is 587 g/mol. The molecule has 2 aliphatic heterocycles. The van der Waals surface area contributed by atoms with Gasteiger partial charge in [0.2, 0.25) is 5.91 Å². The fourth-order valence-electron chi connectivity index (χ4n) is 5.02.